The van der Waals surface area contributed by atoms with Gasteiger partial charge in [-0.2, -0.15) is 0 Å². The number of benzene rings is 2. The summed E-state index contributed by atoms with van der Waals surface area (Å²) in [6, 6.07) is 8.44. The first-order valence-corrected chi connectivity index (χ1v) is 6.34. The van der Waals surface area contributed by atoms with Gasteiger partial charge < -0.3 is 15.8 Å². The van der Waals surface area contributed by atoms with Gasteiger partial charge in [0.05, 0.1) is 18.0 Å². The van der Waals surface area contributed by atoms with Crippen LogP contribution in [0.2, 0.25) is 0 Å². The van der Waals surface area contributed by atoms with Crippen LogP contribution >= 0.6 is 0 Å². The summed E-state index contributed by atoms with van der Waals surface area (Å²) in [6.07, 6.45) is 0.867. The highest BCUT2D eigenvalue weighted by atomic mass is 19.1. The number of rotatable bonds is 5. The Morgan fingerprint density at radius 1 is 1.15 bits per heavy atom. The van der Waals surface area contributed by atoms with E-state index in [0.717, 1.165) is 12.5 Å². The van der Waals surface area contributed by atoms with Crippen molar-refractivity contribution in [3.05, 3.63) is 48.0 Å². The zero-order chi connectivity index (χ0) is 14.5. The number of hydrogen-bond acceptors (Lipinski definition) is 3. The van der Waals surface area contributed by atoms with Crippen molar-refractivity contribution in [2.75, 3.05) is 17.7 Å². The second kappa shape index (κ2) is 6.23. The lowest BCUT2D eigenvalue weighted by Gasteiger charge is -2.13. The monoisotopic (exact) mass is 278 g/mol. The van der Waals surface area contributed by atoms with E-state index in [2.05, 4.69) is 5.32 Å². The molecule has 20 heavy (non-hydrogen) atoms. The standard InChI is InChI=1S/C15H16F2N2O/c1-2-6-20-14-5-3-4-13(15(14)18)19-12-8-10(16)7-11(17)9-12/h3-5,7-9,19H,2,6,18H2,1H3. The van der Waals surface area contributed by atoms with Gasteiger partial charge in [-0.05, 0) is 30.7 Å². The van der Waals surface area contributed by atoms with Gasteiger partial charge in [-0.25, -0.2) is 8.78 Å². The minimum Gasteiger partial charge on any atom is -0.491 e. The molecule has 0 fully saturated rings. The molecule has 0 saturated carbocycles. The third-order valence-electron chi connectivity index (χ3n) is 2.67. The zero-order valence-corrected chi connectivity index (χ0v) is 11.1. The molecule has 2 rings (SSSR count). The van der Waals surface area contributed by atoms with E-state index in [-0.39, 0.29) is 0 Å². The number of anilines is 3. The molecule has 0 spiro atoms. The summed E-state index contributed by atoms with van der Waals surface area (Å²) in [5.74, 6) is -0.748. The quantitative estimate of drug-likeness (QED) is 0.810. The predicted octanol–water partition coefficient (Wildman–Crippen LogP) is 4.08. The van der Waals surface area contributed by atoms with E-state index in [1.807, 2.05) is 6.92 Å². The SMILES string of the molecule is CCCOc1cccc(Nc2cc(F)cc(F)c2)c1N. The van der Waals surface area contributed by atoms with Gasteiger partial charge in [0, 0.05) is 11.8 Å². The fourth-order valence-electron chi connectivity index (χ4n) is 1.77. The Balaban J connectivity index is 2.24. The average molecular weight is 278 g/mol. The molecule has 3 nitrogen and oxygen atoms in total. The Morgan fingerprint density at radius 3 is 2.50 bits per heavy atom. The van der Waals surface area contributed by atoms with Crippen molar-refractivity contribution in [2.45, 2.75) is 13.3 Å². The van der Waals surface area contributed by atoms with Crippen LogP contribution in [0.4, 0.5) is 25.8 Å². The molecule has 0 unspecified atom stereocenters. The first-order valence-electron chi connectivity index (χ1n) is 6.34. The van der Waals surface area contributed by atoms with E-state index in [1.54, 1.807) is 18.2 Å². The van der Waals surface area contributed by atoms with Crippen LogP contribution in [0.5, 0.6) is 5.75 Å². The second-order valence-electron chi connectivity index (χ2n) is 4.35. The molecule has 0 aliphatic carbocycles. The molecule has 0 aliphatic rings. The van der Waals surface area contributed by atoms with Gasteiger partial charge in [0.15, 0.2) is 0 Å². The van der Waals surface area contributed by atoms with Crippen molar-refractivity contribution in [1.82, 2.24) is 0 Å². The number of nitrogens with one attached hydrogen (secondary N) is 1. The summed E-state index contributed by atoms with van der Waals surface area (Å²) < 4.78 is 31.8. The van der Waals surface area contributed by atoms with Gasteiger partial charge >= 0.3 is 0 Å². The van der Waals surface area contributed by atoms with Crippen LogP contribution in [-0.4, -0.2) is 6.61 Å². The molecule has 5 heteroatoms. The third-order valence-corrected chi connectivity index (χ3v) is 2.67. The topological polar surface area (TPSA) is 47.3 Å². The Kier molecular flexibility index (Phi) is 4.40. The molecule has 2 aromatic carbocycles. The summed E-state index contributed by atoms with van der Waals surface area (Å²) in [5.41, 5.74) is 7.22. The van der Waals surface area contributed by atoms with E-state index < -0.39 is 11.6 Å². The molecule has 106 valence electrons. The minimum atomic E-state index is -0.649. The normalized spacial score (nSPS) is 10.3. The van der Waals surface area contributed by atoms with Crippen LogP contribution in [0.25, 0.3) is 0 Å². The smallest absolute Gasteiger partial charge is 0.144 e. The zero-order valence-electron chi connectivity index (χ0n) is 11.1. The van der Waals surface area contributed by atoms with Crippen LogP contribution in [-0.2, 0) is 0 Å². The van der Waals surface area contributed by atoms with E-state index in [9.17, 15) is 8.78 Å². The molecule has 0 saturated heterocycles. The Hall–Kier alpha value is -2.30. The number of halogens is 2. The van der Waals surface area contributed by atoms with Crippen LogP contribution in [0.3, 0.4) is 0 Å². The molecule has 3 N–H and O–H groups in total. The first-order chi connectivity index (χ1) is 9.60. The summed E-state index contributed by atoms with van der Waals surface area (Å²) in [4.78, 5) is 0. The van der Waals surface area contributed by atoms with E-state index in [4.69, 9.17) is 10.5 Å². The molecule has 0 bridgehead atoms. The summed E-state index contributed by atoms with van der Waals surface area (Å²) in [5, 5.41) is 2.89. The maximum atomic E-state index is 13.1. The molecule has 0 heterocycles. The lowest BCUT2D eigenvalue weighted by Crippen LogP contribution is -2.02. The summed E-state index contributed by atoms with van der Waals surface area (Å²) in [6.45, 7) is 2.55. The van der Waals surface area contributed by atoms with Gasteiger partial charge in [0.1, 0.15) is 17.4 Å². The van der Waals surface area contributed by atoms with Gasteiger partial charge in [-0.3, -0.25) is 0 Å². The van der Waals surface area contributed by atoms with Crippen molar-refractivity contribution in [3.63, 3.8) is 0 Å². The molecule has 0 aliphatic heterocycles. The van der Waals surface area contributed by atoms with Crippen LogP contribution in [0, 0.1) is 11.6 Å². The Labute approximate surface area is 116 Å². The summed E-state index contributed by atoms with van der Waals surface area (Å²) >= 11 is 0. The number of para-hydroxylation sites is 1. The van der Waals surface area contributed by atoms with E-state index >= 15 is 0 Å². The van der Waals surface area contributed by atoms with E-state index in [1.165, 1.54) is 12.1 Å². The number of nitrogen functional groups attached to an aromatic ring is 1. The molecule has 0 atom stereocenters. The highest BCUT2D eigenvalue weighted by molar-refractivity contribution is 5.77. The third kappa shape index (κ3) is 3.38. The second-order valence-corrected chi connectivity index (χ2v) is 4.35. The van der Waals surface area contributed by atoms with Crippen molar-refractivity contribution < 1.29 is 13.5 Å². The van der Waals surface area contributed by atoms with Crippen LogP contribution in [0.1, 0.15) is 13.3 Å². The maximum absolute atomic E-state index is 13.1. The highest BCUT2D eigenvalue weighted by Gasteiger charge is 2.07. The Bertz CT molecular complexity index is 582. The van der Waals surface area contributed by atoms with Crippen LogP contribution in [0.15, 0.2) is 36.4 Å². The fraction of sp³-hybridized carbons (Fsp3) is 0.200. The Morgan fingerprint density at radius 2 is 1.85 bits per heavy atom. The predicted molar refractivity (Wildman–Crippen MR) is 76.3 cm³/mol. The lowest BCUT2D eigenvalue weighted by molar-refractivity contribution is 0.319. The number of ether oxygens (including phenoxy) is 1. The van der Waals surface area contributed by atoms with Gasteiger partial charge in [-0.1, -0.05) is 13.0 Å². The molecular formula is C15H16F2N2O. The number of hydrogen-bond donors (Lipinski definition) is 2. The van der Waals surface area contributed by atoms with E-state index in [0.29, 0.717) is 29.4 Å². The fourth-order valence-corrected chi connectivity index (χ4v) is 1.77. The van der Waals surface area contributed by atoms with Crippen molar-refractivity contribution in [1.29, 1.82) is 0 Å². The molecular weight excluding hydrogens is 262 g/mol. The van der Waals surface area contributed by atoms with Crippen molar-refractivity contribution in [2.24, 2.45) is 0 Å². The van der Waals surface area contributed by atoms with Crippen molar-refractivity contribution >= 4 is 17.1 Å². The number of nitrogens with two attached hydrogens (primary N) is 1. The van der Waals surface area contributed by atoms with Crippen LogP contribution < -0.4 is 15.8 Å². The summed E-state index contributed by atoms with van der Waals surface area (Å²) in [7, 11) is 0. The first kappa shape index (κ1) is 14.1. The maximum Gasteiger partial charge on any atom is 0.144 e. The molecule has 0 aromatic heterocycles. The van der Waals surface area contributed by atoms with Crippen molar-refractivity contribution in [3.8, 4) is 5.75 Å². The molecule has 2 aromatic rings. The lowest BCUT2D eigenvalue weighted by atomic mass is 10.2. The van der Waals surface area contributed by atoms with Gasteiger partial charge in [-0.15, -0.1) is 0 Å². The highest BCUT2D eigenvalue weighted by Crippen LogP contribution is 2.32. The molecule has 0 amide bonds. The average Bonchev–Trinajstić information content (AvgIpc) is 2.38. The van der Waals surface area contributed by atoms with Gasteiger partial charge in [0.2, 0.25) is 0 Å². The van der Waals surface area contributed by atoms with Gasteiger partial charge in [0.25, 0.3) is 0 Å². The minimum absolute atomic E-state index is 0.293. The molecule has 0 radical (unpaired) electrons. The largest absolute Gasteiger partial charge is 0.491 e.